The molecule has 2 N–H and O–H groups in total. The van der Waals surface area contributed by atoms with Gasteiger partial charge >= 0.3 is 18.0 Å². The van der Waals surface area contributed by atoms with E-state index >= 15 is 0 Å². The van der Waals surface area contributed by atoms with E-state index in [4.69, 9.17) is 21.1 Å². The van der Waals surface area contributed by atoms with Crippen LogP contribution in [0.5, 0.6) is 0 Å². The number of carbonyl (C=O) groups excluding carboxylic acids is 3. The van der Waals surface area contributed by atoms with E-state index in [0.717, 1.165) is 12.3 Å². The van der Waals surface area contributed by atoms with E-state index in [0.29, 0.717) is 0 Å². The number of esters is 2. The first-order valence-electron chi connectivity index (χ1n) is 6.37. The molecule has 1 aromatic rings. The van der Waals surface area contributed by atoms with Crippen molar-refractivity contribution in [1.29, 1.82) is 0 Å². The molecular formula is C14H12ClFN2O5. The van der Waals surface area contributed by atoms with Crippen molar-refractivity contribution < 1.29 is 28.2 Å². The van der Waals surface area contributed by atoms with Crippen LogP contribution in [0.1, 0.15) is 13.8 Å². The van der Waals surface area contributed by atoms with Crippen molar-refractivity contribution in [2.75, 3.05) is 5.32 Å². The number of ether oxygens (including phenoxy) is 2. The Hall–Kier alpha value is -2.61. The number of hydrogen-bond donors (Lipinski definition) is 2. The highest BCUT2D eigenvalue weighted by Crippen LogP contribution is 2.22. The van der Waals surface area contributed by atoms with E-state index in [1.54, 1.807) is 0 Å². The minimum Gasteiger partial charge on any atom is -0.419 e. The Morgan fingerprint density at radius 2 is 1.87 bits per heavy atom. The smallest absolute Gasteiger partial charge is 0.350 e. The van der Waals surface area contributed by atoms with Crippen LogP contribution >= 0.6 is 11.6 Å². The molecule has 1 fully saturated rings. The summed E-state index contributed by atoms with van der Waals surface area (Å²) < 4.78 is 23.2. The van der Waals surface area contributed by atoms with Crippen LogP contribution in [0.2, 0.25) is 5.02 Å². The lowest BCUT2D eigenvalue weighted by Gasteiger charge is -2.29. The highest BCUT2D eigenvalue weighted by molar-refractivity contribution is 6.30. The lowest BCUT2D eigenvalue weighted by Crippen LogP contribution is -2.42. The van der Waals surface area contributed by atoms with Gasteiger partial charge in [-0.25, -0.2) is 18.8 Å². The molecule has 0 bridgehead atoms. The number of halogens is 2. The molecule has 0 spiro atoms. The molecule has 1 aromatic carbocycles. The fourth-order valence-corrected chi connectivity index (χ4v) is 1.82. The second-order valence-corrected chi connectivity index (χ2v) is 5.40. The number of nitrogens with one attached hydrogen (secondary N) is 2. The topological polar surface area (TPSA) is 93.7 Å². The van der Waals surface area contributed by atoms with E-state index in [1.807, 2.05) is 0 Å². The molecule has 2 amide bonds. The van der Waals surface area contributed by atoms with E-state index in [2.05, 4.69) is 10.6 Å². The Bertz CT molecular complexity index is 695. The fourth-order valence-electron chi connectivity index (χ4n) is 1.67. The van der Waals surface area contributed by atoms with Crippen molar-refractivity contribution >= 4 is 35.3 Å². The van der Waals surface area contributed by atoms with Crippen molar-refractivity contribution in [3.05, 3.63) is 40.8 Å². The van der Waals surface area contributed by atoms with Crippen molar-refractivity contribution in [3.8, 4) is 0 Å². The molecule has 1 aliphatic rings. The van der Waals surface area contributed by atoms with Crippen LogP contribution in [0.15, 0.2) is 30.0 Å². The average molecular weight is 343 g/mol. The van der Waals surface area contributed by atoms with E-state index < -0.39 is 35.1 Å². The summed E-state index contributed by atoms with van der Waals surface area (Å²) >= 11 is 5.59. The molecule has 1 aliphatic heterocycles. The van der Waals surface area contributed by atoms with E-state index in [9.17, 15) is 18.8 Å². The molecule has 0 aliphatic carbocycles. The lowest BCUT2D eigenvalue weighted by atomic mass is 10.2. The average Bonchev–Trinajstić information content (AvgIpc) is 2.39. The minimum absolute atomic E-state index is 0.125. The zero-order chi connectivity index (χ0) is 17.2. The summed E-state index contributed by atoms with van der Waals surface area (Å²) in [5.41, 5.74) is -0.615. The van der Waals surface area contributed by atoms with E-state index in [-0.39, 0.29) is 10.7 Å². The summed E-state index contributed by atoms with van der Waals surface area (Å²) in [5, 5.41) is 4.48. The van der Waals surface area contributed by atoms with Crippen LogP contribution < -0.4 is 10.6 Å². The van der Waals surface area contributed by atoms with Gasteiger partial charge in [-0.15, -0.1) is 0 Å². The second-order valence-electron chi connectivity index (χ2n) is 4.96. The zero-order valence-electron chi connectivity index (χ0n) is 12.1. The van der Waals surface area contributed by atoms with Gasteiger partial charge in [0.1, 0.15) is 5.82 Å². The fraction of sp³-hybridized carbons (Fsp3) is 0.214. The number of benzene rings is 1. The summed E-state index contributed by atoms with van der Waals surface area (Å²) in [6.45, 7) is 2.78. The summed E-state index contributed by atoms with van der Waals surface area (Å²) in [7, 11) is 0. The molecule has 0 aromatic heterocycles. The third kappa shape index (κ3) is 4.19. The van der Waals surface area contributed by atoms with Gasteiger partial charge in [0.2, 0.25) is 0 Å². The molecule has 0 radical (unpaired) electrons. The van der Waals surface area contributed by atoms with Crippen LogP contribution in [0.3, 0.4) is 0 Å². The maximum Gasteiger partial charge on any atom is 0.350 e. The number of cyclic esters (lactones) is 2. The van der Waals surface area contributed by atoms with Crippen molar-refractivity contribution in [3.63, 3.8) is 0 Å². The standard InChI is InChI=1S/C14H12ClFN2O5/c1-14(2)22-11(19)8(12(20)23-14)6-17-13(21)18-10-4-3-7(15)5-9(10)16/h3-6H,1-2H3,(H2,17,18,21). The Morgan fingerprint density at radius 1 is 1.26 bits per heavy atom. The molecule has 23 heavy (non-hydrogen) atoms. The maximum absolute atomic E-state index is 13.5. The zero-order valence-corrected chi connectivity index (χ0v) is 12.9. The van der Waals surface area contributed by atoms with Crippen LogP contribution in [-0.2, 0) is 19.1 Å². The Balaban J connectivity index is 2.03. The summed E-state index contributed by atoms with van der Waals surface area (Å²) in [6, 6.07) is 2.80. The monoisotopic (exact) mass is 342 g/mol. The van der Waals surface area contributed by atoms with Gasteiger partial charge < -0.3 is 20.1 Å². The van der Waals surface area contributed by atoms with Gasteiger partial charge in [0, 0.05) is 25.1 Å². The molecule has 0 saturated carbocycles. The first kappa shape index (κ1) is 16.8. The number of carbonyl (C=O) groups is 3. The molecule has 2 rings (SSSR count). The molecule has 122 valence electrons. The number of anilines is 1. The van der Waals surface area contributed by atoms with Crippen LogP contribution in [-0.4, -0.2) is 23.8 Å². The van der Waals surface area contributed by atoms with Crippen LogP contribution in [0, 0.1) is 5.82 Å². The molecule has 9 heteroatoms. The lowest BCUT2D eigenvalue weighted by molar-refractivity contribution is -0.222. The van der Waals surface area contributed by atoms with Gasteiger partial charge in [0.05, 0.1) is 5.69 Å². The third-order valence-electron chi connectivity index (χ3n) is 2.64. The number of amides is 2. The first-order valence-corrected chi connectivity index (χ1v) is 6.75. The number of rotatable bonds is 2. The number of urea groups is 1. The predicted octanol–water partition coefficient (Wildman–Crippen LogP) is 2.32. The Kier molecular flexibility index (Phi) is 4.55. The van der Waals surface area contributed by atoms with Gasteiger partial charge in [0.25, 0.3) is 5.79 Å². The first-order chi connectivity index (χ1) is 10.7. The normalized spacial score (nSPS) is 16.3. The molecule has 1 saturated heterocycles. The van der Waals surface area contributed by atoms with Crippen molar-refractivity contribution in [2.45, 2.75) is 19.6 Å². The highest BCUT2D eigenvalue weighted by atomic mass is 35.5. The summed E-state index contributed by atoms with van der Waals surface area (Å²) in [5.74, 6) is -3.99. The quantitative estimate of drug-likeness (QED) is 0.488. The molecule has 0 unspecified atom stereocenters. The van der Waals surface area contributed by atoms with Crippen LogP contribution in [0.4, 0.5) is 14.9 Å². The molecule has 0 atom stereocenters. The molecule has 7 nitrogen and oxygen atoms in total. The van der Waals surface area contributed by atoms with Gasteiger partial charge in [-0.1, -0.05) is 11.6 Å². The van der Waals surface area contributed by atoms with Crippen molar-refractivity contribution in [1.82, 2.24) is 5.32 Å². The third-order valence-corrected chi connectivity index (χ3v) is 2.88. The van der Waals surface area contributed by atoms with Gasteiger partial charge in [-0.3, -0.25) is 0 Å². The SMILES string of the molecule is CC1(C)OC(=O)C(=CNC(=O)Nc2ccc(Cl)cc2F)C(=O)O1. The highest BCUT2D eigenvalue weighted by Gasteiger charge is 2.39. The van der Waals surface area contributed by atoms with E-state index in [1.165, 1.54) is 26.0 Å². The van der Waals surface area contributed by atoms with Gasteiger partial charge in [-0.2, -0.15) is 0 Å². The van der Waals surface area contributed by atoms with Gasteiger partial charge in [-0.05, 0) is 18.2 Å². The molecule has 1 heterocycles. The predicted molar refractivity (Wildman–Crippen MR) is 77.9 cm³/mol. The largest absolute Gasteiger partial charge is 0.419 e. The number of hydrogen-bond acceptors (Lipinski definition) is 5. The van der Waals surface area contributed by atoms with Gasteiger partial charge in [0.15, 0.2) is 5.57 Å². The molecular weight excluding hydrogens is 331 g/mol. The Labute approximate surface area is 135 Å². The Morgan fingerprint density at radius 3 is 2.43 bits per heavy atom. The minimum atomic E-state index is -1.37. The summed E-state index contributed by atoms with van der Waals surface area (Å²) in [6.07, 6.45) is 0.822. The summed E-state index contributed by atoms with van der Waals surface area (Å²) in [4.78, 5) is 35.0. The second kappa shape index (κ2) is 6.25. The maximum atomic E-state index is 13.5. The van der Waals surface area contributed by atoms with Crippen LogP contribution in [0.25, 0.3) is 0 Å². The van der Waals surface area contributed by atoms with Crippen molar-refractivity contribution in [2.24, 2.45) is 0 Å².